The Morgan fingerprint density at radius 1 is 0.810 bits per heavy atom. The van der Waals surface area contributed by atoms with E-state index in [0.29, 0.717) is 23.3 Å². The third kappa shape index (κ3) is 4.52. The van der Waals surface area contributed by atoms with Crippen molar-refractivity contribution in [2.24, 2.45) is 0 Å². The van der Waals surface area contributed by atoms with Gasteiger partial charge in [0.25, 0.3) is 0 Å². The Hall–Kier alpha value is -5.21. The molecule has 0 aliphatic carbocycles. The number of pyridine rings is 2. The standard InChI is InChI=1S/C34H21F2N3O2S/c35-25-9-6-23(17-26(25)36)28-10-7-22-16-24(8-11-27(22)38-28)32-31(21-4-2-1-3-5-21)33-29(18-30(42-33)34(40)41)39(32)19-20-12-14-37-15-13-20/h1-18H,19H2,(H,40,41). The molecule has 0 spiro atoms. The lowest BCUT2D eigenvalue weighted by atomic mass is 9.99. The fourth-order valence-corrected chi connectivity index (χ4v) is 6.39. The Kier molecular flexibility index (Phi) is 6.32. The van der Waals surface area contributed by atoms with E-state index in [0.717, 1.165) is 55.7 Å². The van der Waals surface area contributed by atoms with Gasteiger partial charge >= 0.3 is 5.97 Å². The van der Waals surface area contributed by atoms with Crippen LogP contribution in [0.1, 0.15) is 15.2 Å². The Labute approximate surface area is 243 Å². The van der Waals surface area contributed by atoms with E-state index in [4.69, 9.17) is 4.98 Å². The van der Waals surface area contributed by atoms with Crippen LogP contribution in [-0.2, 0) is 6.54 Å². The lowest BCUT2D eigenvalue weighted by Gasteiger charge is -2.14. The van der Waals surface area contributed by atoms with Crippen molar-refractivity contribution in [1.29, 1.82) is 0 Å². The second-order valence-electron chi connectivity index (χ2n) is 9.89. The third-order valence-electron chi connectivity index (χ3n) is 7.28. The van der Waals surface area contributed by atoms with Crippen LogP contribution < -0.4 is 0 Å². The van der Waals surface area contributed by atoms with Gasteiger partial charge in [-0.05, 0) is 71.3 Å². The smallest absolute Gasteiger partial charge is 0.345 e. The minimum absolute atomic E-state index is 0.277. The number of carboxylic acids is 1. The van der Waals surface area contributed by atoms with Gasteiger partial charge in [0.05, 0.1) is 27.1 Å². The Bertz CT molecular complexity index is 2120. The van der Waals surface area contributed by atoms with E-state index >= 15 is 0 Å². The van der Waals surface area contributed by atoms with Crippen molar-refractivity contribution in [3.63, 3.8) is 0 Å². The van der Waals surface area contributed by atoms with E-state index in [-0.39, 0.29) is 4.88 Å². The molecule has 0 bridgehead atoms. The molecule has 1 N–H and O–H groups in total. The van der Waals surface area contributed by atoms with Crippen LogP contribution in [0.5, 0.6) is 0 Å². The third-order valence-corrected chi connectivity index (χ3v) is 8.41. The van der Waals surface area contributed by atoms with Gasteiger partial charge in [0, 0.05) is 35.5 Å². The number of aromatic nitrogens is 3. The first-order valence-corrected chi connectivity index (χ1v) is 14.0. The average molecular weight is 574 g/mol. The van der Waals surface area contributed by atoms with Crippen LogP contribution in [0.2, 0.25) is 0 Å². The van der Waals surface area contributed by atoms with Crippen molar-refractivity contribution in [3.8, 4) is 33.6 Å². The van der Waals surface area contributed by atoms with Gasteiger partial charge in [-0.15, -0.1) is 11.3 Å². The predicted molar refractivity (Wildman–Crippen MR) is 162 cm³/mol. The second kappa shape index (κ2) is 10.3. The fourth-order valence-electron chi connectivity index (χ4n) is 5.33. The minimum atomic E-state index is -0.958. The number of nitrogens with zero attached hydrogens (tertiary/aromatic N) is 3. The van der Waals surface area contributed by atoms with Gasteiger partial charge in [0.1, 0.15) is 4.88 Å². The maximum Gasteiger partial charge on any atom is 0.345 e. The summed E-state index contributed by atoms with van der Waals surface area (Å²) in [5, 5.41) is 10.7. The topological polar surface area (TPSA) is 68.0 Å². The molecule has 0 unspecified atom stereocenters. The van der Waals surface area contributed by atoms with Crippen molar-refractivity contribution >= 4 is 38.4 Å². The summed E-state index contributed by atoms with van der Waals surface area (Å²) < 4.78 is 30.4. The summed E-state index contributed by atoms with van der Waals surface area (Å²) in [6, 6.07) is 29.1. The van der Waals surface area contributed by atoms with Crippen LogP contribution in [0.15, 0.2) is 109 Å². The SMILES string of the molecule is O=C(O)c1cc2c(s1)c(-c1ccccc1)c(-c1ccc3nc(-c4ccc(F)c(F)c4)ccc3c1)n2Cc1ccncc1. The van der Waals surface area contributed by atoms with Crippen LogP contribution in [-0.4, -0.2) is 25.6 Å². The number of carbonyl (C=O) groups is 1. The Balaban J connectivity index is 1.45. The van der Waals surface area contributed by atoms with Gasteiger partial charge in [-0.3, -0.25) is 4.98 Å². The molecule has 0 aliphatic rings. The summed E-state index contributed by atoms with van der Waals surface area (Å²) in [5.41, 5.74) is 7.47. The van der Waals surface area contributed by atoms with Gasteiger partial charge in [0.15, 0.2) is 11.6 Å². The Morgan fingerprint density at radius 2 is 1.60 bits per heavy atom. The number of halogens is 2. The quantitative estimate of drug-likeness (QED) is 0.216. The molecule has 7 rings (SSSR count). The molecule has 4 heterocycles. The molecule has 0 fully saturated rings. The molecule has 0 atom stereocenters. The number of hydrogen-bond acceptors (Lipinski definition) is 4. The van der Waals surface area contributed by atoms with Crippen molar-refractivity contribution in [1.82, 2.24) is 14.5 Å². The number of aromatic carboxylic acids is 1. The number of thiophene rings is 1. The molecule has 0 saturated heterocycles. The molecule has 0 saturated carbocycles. The molecule has 7 aromatic rings. The van der Waals surface area contributed by atoms with E-state index < -0.39 is 17.6 Å². The van der Waals surface area contributed by atoms with Gasteiger partial charge in [0.2, 0.25) is 0 Å². The van der Waals surface area contributed by atoms with E-state index in [1.807, 2.05) is 60.7 Å². The van der Waals surface area contributed by atoms with Crippen LogP contribution in [0.25, 0.3) is 54.8 Å². The molecule has 204 valence electrons. The van der Waals surface area contributed by atoms with Crippen LogP contribution in [0.3, 0.4) is 0 Å². The summed E-state index contributed by atoms with van der Waals surface area (Å²) >= 11 is 1.27. The zero-order chi connectivity index (χ0) is 28.8. The van der Waals surface area contributed by atoms with E-state index in [1.165, 1.54) is 17.4 Å². The maximum absolute atomic E-state index is 13.9. The fraction of sp³-hybridized carbons (Fsp3) is 0.0294. The van der Waals surface area contributed by atoms with Crippen molar-refractivity contribution in [2.45, 2.75) is 6.54 Å². The van der Waals surface area contributed by atoms with Crippen molar-refractivity contribution in [2.75, 3.05) is 0 Å². The van der Waals surface area contributed by atoms with E-state index in [1.54, 1.807) is 24.5 Å². The summed E-state index contributed by atoms with van der Waals surface area (Å²) in [6.45, 7) is 0.516. The largest absolute Gasteiger partial charge is 0.477 e. The molecule has 4 aromatic heterocycles. The number of benzene rings is 3. The highest BCUT2D eigenvalue weighted by Gasteiger charge is 2.24. The highest BCUT2D eigenvalue weighted by Crippen LogP contribution is 2.45. The highest BCUT2D eigenvalue weighted by atomic mass is 32.1. The van der Waals surface area contributed by atoms with Crippen molar-refractivity contribution < 1.29 is 18.7 Å². The summed E-state index contributed by atoms with van der Waals surface area (Å²) in [7, 11) is 0. The van der Waals surface area contributed by atoms with E-state index in [9.17, 15) is 18.7 Å². The number of rotatable bonds is 6. The summed E-state index contributed by atoms with van der Waals surface area (Å²) in [6.07, 6.45) is 3.49. The number of hydrogen-bond donors (Lipinski definition) is 1. The molecule has 42 heavy (non-hydrogen) atoms. The first-order chi connectivity index (χ1) is 20.5. The number of carboxylic acid groups (broad SMARTS) is 1. The molecule has 5 nitrogen and oxygen atoms in total. The molecule has 3 aromatic carbocycles. The molecular formula is C34H21F2N3O2S. The van der Waals surface area contributed by atoms with Crippen LogP contribution in [0, 0.1) is 11.6 Å². The lowest BCUT2D eigenvalue weighted by Crippen LogP contribution is -2.03. The first-order valence-electron chi connectivity index (χ1n) is 13.2. The summed E-state index contributed by atoms with van der Waals surface area (Å²) in [4.78, 5) is 21.1. The molecule has 0 aliphatic heterocycles. The molecular weight excluding hydrogens is 552 g/mol. The maximum atomic E-state index is 13.9. The van der Waals surface area contributed by atoms with E-state index in [2.05, 4.69) is 15.6 Å². The van der Waals surface area contributed by atoms with Gasteiger partial charge in [-0.1, -0.05) is 42.5 Å². The monoisotopic (exact) mass is 573 g/mol. The molecule has 8 heteroatoms. The Morgan fingerprint density at radius 3 is 2.36 bits per heavy atom. The molecule has 0 amide bonds. The van der Waals surface area contributed by atoms with Crippen LogP contribution in [0.4, 0.5) is 8.78 Å². The highest BCUT2D eigenvalue weighted by molar-refractivity contribution is 7.21. The lowest BCUT2D eigenvalue weighted by molar-refractivity contribution is 0.0702. The predicted octanol–water partition coefficient (Wildman–Crippen LogP) is 8.67. The summed E-state index contributed by atoms with van der Waals surface area (Å²) in [5.74, 6) is -2.77. The van der Waals surface area contributed by atoms with Gasteiger partial charge < -0.3 is 9.67 Å². The average Bonchev–Trinajstić information content (AvgIpc) is 3.57. The minimum Gasteiger partial charge on any atom is -0.477 e. The zero-order valence-corrected chi connectivity index (χ0v) is 22.8. The van der Waals surface area contributed by atoms with Crippen LogP contribution >= 0.6 is 11.3 Å². The van der Waals surface area contributed by atoms with Gasteiger partial charge in [-0.25, -0.2) is 18.6 Å². The van der Waals surface area contributed by atoms with Gasteiger partial charge in [-0.2, -0.15) is 0 Å². The normalized spacial score (nSPS) is 11.4. The second-order valence-corrected chi connectivity index (χ2v) is 10.9. The molecule has 0 radical (unpaired) electrons. The zero-order valence-electron chi connectivity index (χ0n) is 22.0. The van der Waals surface area contributed by atoms with Crippen molar-refractivity contribution in [3.05, 3.63) is 132 Å². The first kappa shape index (κ1) is 25.7. The number of fused-ring (bicyclic) bond motifs is 2.